The number of hydrogen-bond donors (Lipinski definition) is 1. The maximum Gasteiger partial charge on any atom is 0.335 e. The van der Waals surface area contributed by atoms with Crippen LogP contribution in [0.3, 0.4) is 0 Å². The molecule has 3 rings (SSSR count). The van der Waals surface area contributed by atoms with Crippen molar-refractivity contribution in [2.75, 3.05) is 4.90 Å². The molecule has 0 radical (unpaired) electrons. The number of carboxylic acid groups (broad SMARTS) is 1. The van der Waals surface area contributed by atoms with Crippen LogP contribution in [0, 0.1) is 6.92 Å². The number of amides is 1. The molecule has 0 saturated heterocycles. The maximum atomic E-state index is 12.5. The van der Waals surface area contributed by atoms with Gasteiger partial charge in [0.25, 0.3) is 5.91 Å². The number of rotatable bonds is 3. The van der Waals surface area contributed by atoms with E-state index in [2.05, 4.69) is 0 Å². The summed E-state index contributed by atoms with van der Waals surface area (Å²) >= 11 is 0. The van der Waals surface area contributed by atoms with Gasteiger partial charge in [-0.2, -0.15) is 0 Å². The van der Waals surface area contributed by atoms with E-state index in [0.717, 1.165) is 11.1 Å². The zero-order valence-electron chi connectivity index (χ0n) is 12.9. The fourth-order valence-electron chi connectivity index (χ4n) is 2.58. The molecule has 23 heavy (non-hydrogen) atoms. The van der Waals surface area contributed by atoms with Gasteiger partial charge in [-0.3, -0.25) is 4.79 Å². The first-order chi connectivity index (χ1) is 11.0. The molecule has 0 fully saturated rings. The molecule has 1 atom stereocenters. The largest absolute Gasteiger partial charge is 0.479 e. The van der Waals surface area contributed by atoms with Crippen LogP contribution in [0.15, 0.2) is 42.5 Å². The quantitative estimate of drug-likeness (QED) is 0.946. The first-order valence-electron chi connectivity index (χ1n) is 7.36. The van der Waals surface area contributed by atoms with Crippen LogP contribution >= 0.6 is 0 Å². The Labute approximate surface area is 134 Å². The number of ether oxygens (including phenoxy) is 1. The Morgan fingerprint density at radius 1 is 1.22 bits per heavy atom. The monoisotopic (exact) mass is 311 g/mol. The van der Waals surface area contributed by atoms with Crippen LogP contribution in [0.2, 0.25) is 0 Å². The lowest BCUT2D eigenvalue weighted by Crippen LogP contribution is -2.44. The van der Waals surface area contributed by atoms with Crippen molar-refractivity contribution in [3.05, 3.63) is 59.2 Å². The molecule has 0 aromatic heterocycles. The van der Waals surface area contributed by atoms with Crippen molar-refractivity contribution >= 4 is 17.6 Å². The number of hydrogen-bond acceptors (Lipinski definition) is 3. The molecule has 1 aliphatic heterocycles. The molecule has 0 saturated carbocycles. The molecule has 1 amide bonds. The topological polar surface area (TPSA) is 66.8 Å². The van der Waals surface area contributed by atoms with E-state index in [-0.39, 0.29) is 11.5 Å². The maximum absolute atomic E-state index is 12.5. The minimum atomic E-state index is -1.03. The number of benzene rings is 2. The fourth-order valence-corrected chi connectivity index (χ4v) is 2.58. The minimum absolute atomic E-state index is 0.128. The summed E-state index contributed by atoms with van der Waals surface area (Å²) in [6, 6.07) is 12.5. The van der Waals surface area contributed by atoms with E-state index in [4.69, 9.17) is 9.84 Å². The summed E-state index contributed by atoms with van der Waals surface area (Å²) in [7, 11) is 0. The summed E-state index contributed by atoms with van der Waals surface area (Å²) in [5, 5.41) is 9.17. The molecule has 1 aliphatic rings. The molecule has 0 bridgehead atoms. The Morgan fingerprint density at radius 3 is 2.57 bits per heavy atom. The molecule has 2 aromatic rings. The van der Waals surface area contributed by atoms with E-state index in [0.29, 0.717) is 18.0 Å². The van der Waals surface area contributed by atoms with Gasteiger partial charge in [0.1, 0.15) is 5.75 Å². The van der Waals surface area contributed by atoms with Crippen LogP contribution in [0.1, 0.15) is 28.4 Å². The Kier molecular flexibility index (Phi) is 3.78. The summed E-state index contributed by atoms with van der Waals surface area (Å²) in [6.07, 6.45) is -0.594. The third-order valence-electron chi connectivity index (χ3n) is 3.88. The Bertz CT molecular complexity index is 767. The van der Waals surface area contributed by atoms with E-state index in [9.17, 15) is 9.59 Å². The van der Waals surface area contributed by atoms with Gasteiger partial charge in [0.15, 0.2) is 6.10 Å². The highest BCUT2D eigenvalue weighted by molar-refractivity contribution is 6.01. The first kappa shape index (κ1) is 15.1. The van der Waals surface area contributed by atoms with Gasteiger partial charge < -0.3 is 14.7 Å². The molecule has 1 heterocycles. The van der Waals surface area contributed by atoms with Crippen molar-refractivity contribution in [2.24, 2.45) is 0 Å². The van der Waals surface area contributed by atoms with Gasteiger partial charge in [-0.15, -0.1) is 0 Å². The van der Waals surface area contributed by atoms with Crippen LogP contribution in [0.5, 0.6) is 5.75 Å². The Morgan fingerprint density at radius 2 is 1.91 bits per heavy atom. The van der Waals surface area contributed by atoms with Gasteiger partial charge >= 0.3 is 5.97 Å². The smallest absolute Gasteiger partial charge is 0.335 e. The van der Waals surface area contributed by atoms with Crippen LogP contribution in [0.4, 0.5) is 5.69 Å². The predicted molar refractivity (Wildman–Crippen MR) is 85.9 cm³/mol. The zero-order valence-corrected chi connectivity index (χ0v) is 12.9. The third kappa shape index (κ3) is 2.90. The van der Waals surface area contributed by atoms with E-state index >= 15 is 0 Å². The Hall–Kier alpha value is -2.82. The van der Waals surface area contributed by atoms with E-state index in [1.54, 1.807) is 17.9 Å². The Balaban J connectivity index is 2.01. The van der Waals surface area contributed by atoms with Gasteiger partial charge in [0.2, 0.25) is 0 Å². The second-order valence-electron chi connectivity index (χ2n) is 5.66. The highest BCUT2D eigenvalue weighted by Gasteiger charge is 2.32. The second kappa shape index (κ2) is 5.76. The highest BCUT2D eigenvalue weighted by Crippen LogP contribution is 2.36. The predicted octanol–water partition coefficient (Wildman–Crippen LogP) is 3.01. The zero-order chi connectivity index (χ0) is 16.6. The number of carboxylic acids is 1. The van der Waals surface area contributed by atoms with Crippen molar-refractivity contribution in [3.63, 3.8) is 0 Å². The standard InChI is InChI=1S/C18H17NO4/c1-11-3-5-13(6-4-11)10-19-15-9-14(18(21)22)7-8-16(15)23-12(2)17(19)20/h3-9,12H,10H2,1-2H3,(H,21,22). The fraction of sp³-hybridized carbons (Fsp3) is 0.222. The summed E-state index contributed by atoms with van der Waals surface area (Å²) in [4.78, 5) is 25.3. The van der Waals surface area contributed by atoms with E-state index in [1.807, 2.05) is 31.2 Å². The molecular formula is C18H17NO4. The average Bonchev–Trinajstić information content (AvgIpc) is 2.53. The second-order valence-corrected chi connectivity index (χ2v) is 5.66. The third-order valence-corrected chi connectivity index (χ3v) is 3.88. The summed E-state index contributed by atoms with van der Waals surface area (Å²) in [5.74, 6) is -0.691. The van der Waals surface area contributed by atoms with E-state index in [1.165, 1.54) is 12.1 Å². The van der Waals surface area contributed by atoms with Gasteiger partial charge in [-0.25, -0.2) is 4.79 Å². The highest BCUT2D eigenvalue weighted by atomic mass is 16.5. The SMILES string of the molecule is Cc1ccc(CN2C(=O)C(C)Oc3ccc(C(=O)O)cc32)cc1. The minimum Gasteiger partial charge on any atom is -0.479 e. The molecule has 1 unspecified atom stereocenters. The number of carbonyl (C=O) groups is 2. The van der Waals surface area contributed by atoms with E-state index < -0.39 is 12.1 Å². The molecule has 2 aromatic carbocycles. The molecule has 5 heteroatoms. The lowest BCUT2D eigenvalue weighted by molar-refractivity contribution is -0.125. The summed E-state index contributed by atoms with van der Waals surface area (Å²) < 4.78 is 5.58. The number of carbonyl (C=O) groups excluding carboxylic acids is 1. The average molecular weight is 311 g/mol. The number of aromatic carboxylic acids is 1. The molecule has 0 aliphatic carbocycles. The van der Waals surface area contributed by atoms with Crippen molar-refractivity contribution < 1.29 is 19.4 Å². The lowest BCUT2D eigenvalue weighted by atomic mass is 10.1. The number of fused-ring (bicyclic) bond motifs is 1. The van der Waals surface area contributed by atoms with Gasteiger partial charge in [0, 0.05) is 0 Å². The summed E-state index contributed by atoms with van der Waals surface area (Å²) in [6.45, 7) is 4.07. The molecule has 118 valence electrons. The molecular weight excluding hydrogens is 294 g/mol. The molecule has 1 N–H and O–H groups in total. The van der Waals surface area contributed by atoms with Crippen molar-refractivity contribution in [1.82, 2.24) is 0 Å². The van der Waals surface area contributed by atoms with Gasteiger partial charge in [0.05, 0.1) is 17.8 Å². The molecule has 5 nitrogen and oxygen atoms in total. The van der Waals surface area contributed by atoms with Crippen LogP contribution in [-0.4, -0.2) is 23.1 Å². The van der Waals surface area contributed by atoms with Crippen molar-refractivity contribution in [1.29, 1.82) is 0 Å². The summed E-state index contributed by atoms with van der Waals surface area (Å²) in [5.41, 5.74) is 2.74. The first-order valence-corrected chi connectivity index (χ1v) is 7.36. The van der Waals surface area contributed by atoms with Crippen molar-refractivity contribution in [2.45, 2.75) is 26.5 Å². The lowest BCUT2D eigenvalue weighted by Gasteiger charge is -2.33. The van der Waals surface area contributed by atoms with Crippen LogP contribution in [0.25, 0.3) is 0 Å². The van der Waals surface area contributed by atoms with Crippen LogP contribution < -0.4 is 9.64 Å². The number of aryl methyl sites for hydroxylation is 1. The normalized spacial score (nSPS) is 16.7. The number of nitrogens with zero attached hydrogens (tertiary/aromatic N) is 1. The van der Waals surface area contributed by atoms with Crippen molar-refractivity contribution in [3.8, 4) is 5.75 Å². The molecule has 0 spiro atoms. The van der Waals surface area contributed by atoms with Crippen LogP contribution in [-0.2, 0) is 11.3 Å². The van der Waals surface area contributed by atoms with Gasteiger partial charge in [-0.05, 0) is 37.6 Å². The van der Waals surface area contributed by atoms with Gasteiger partial charge in [-0.1, -0.05) is 29.8 Å². The number of anilines is 1.